The fourth-order valence-electron chi connectivity index (χ4n) is 2.46. The Labute approximate surface area is 169 Å². The highest BCUT2D eigenvalue weighted by Crippen LogP contribution is 2.21. The van der Waals surface area contributed by atoms with Gasteiger partial charge in [0.2, 0.25) is 5.91 Å². The van der Waals surface area contributed by atoms with Crippen LogP contribution in [-0.2, 0) is 11.3 Å². The molecule has 148 valence electrons. The van der Waals surface area contributed by atoms with E-state index < -0.39 is 0 Å². The number of hydrogen-bond acceptors (Lipinski definition) is 4. The van der Waals surface area contributed by atoms with Gasteiger partial charge < -0.3 is 5.32 Å². The number of fused-ring (bicyclic) bond motifs is 1. The second kappa shape index (κ2) is 9.60. The number of rotatable bonds is 8. The van der Waals surface area contributed by atoms with Crippen LogP contribution in [0.15, 0.2) is 28.2 Å². The predicted molar refractivity (Wildman–Crippen MR) is 114 cm³/mol. The normalized spacial score (nSPS) is 12.7. The van der Waals surface area contributed by atoms with E-state index >= 15 is 0 Å². The number of carbonyl (C=O) groups excluding carboxylic acids is 1. The van der Waals surface area contributed by atoms with Crippen molar-refractivity contribution in [3.63, 3.8) is 0 Å². The molecule has 1 amide bonds. The van der Waals surface area contributed by atoms with Crippen LogP contribution >= 0.6 is 23.4 Å². The minimum Gasteiger partial charge on any atom is -0.353 e. The molecule has 0 radical (unpaired) electrons. The molecule has 0 aliphatic carbocycles. The van der Waals surface area contributed by atoms with Crippen molar-refractivity contribution in [1.82, 2.24) is 14.9 Å². The van der Waals surface area contributed by atoms with Crippen LogP contribution in [0.1, 0.15) is 41.0 Å². The van der Waals surface area contributed by atoms with Gasteiger partial charge in [-0.25, -0.2) is 4.98 Å². The standard InChI is InChI=1S/C20H28ClN3O2S/c1-12(2)8-9-24-19(26)16-7-6-15(21)10-17(16)23-20(24)27-11-18(25)22-14(5)13(3)4/h6-7,10,12-14H,8-9,11H2,1-5H3,(H,22,25)/t14-/m1/s1. The van der Waals surface area contributed by atoms with E-state index in [1.54, 1.807) is 22.8 Å². The molecular formula is C20H28ClN3O2S. The third-order valence-corrected chi connectivity index (χ3v) is 5.74. The lowest BCUT2D eigenvalue weighted by Gasteiger charge is -2.18. The average molecular weight is 410 g/mol. The Morgan fingerprint density at radius 3 is 2.59 bits per heavy atom. The summed E-state index contributed by atoms with van der Waals surface area (Å²) in [6, 6.07) is 5.21. The Hall–Kier alpha value is -1.53. The zero-order chi connectivity index (χ0) is 20.1. The molecule has 1 aromatic carbocycles. The van der Waals surface area contributed by atoms with Crippen molar-refractivity contribution >= 4 is 40.2 Å². The number of amides is 1. The van der Waals surface area contributed by atoms with E-state index in [0.29, 0.717) is 39.5 Å². The van der Waals surface area contributed by atoms with Crippen molar-refractivity contribution in [2.24, 2.45) is 11.8 Å². The summed E-state index contributed by atoms with van der Waals surface area (Å²) in [6.45, 7) is 10.9. The molecule has 0 fully saturated rings. The van der Waals surface area contributed by atoms with Gasteiger partial charge in [-0.15, -0.1) is 0 Å². The highest BCUT2D eigenvalue weighted by atomic mass is 35.5. The summed E-state index contributed by atoms with van der Waals surface area (Å²) in [6.07, 6.45) is 0.866. The van der Waals surface area contributed by atoms with Gasteiger partial charge in [0.05, 0.1) is 16.7 Å². The minimum atomic E-state index is -0.0872. The number of benzene rings is 1. The molecule has 1 atom stereocenters. The maximum Gasteiger partial charge on any atom is 0.262 e. The monoisotopic (exact) mass is 409 g/mol. The Morgan fingerprint density at radius 2 is 1.96 bits per heavy atom. The molecular weight excluding hydrogens is 382 g/mol. The zero-order valence-electron chi connectivity index (χ0n) is 16.6. The average Bonchev–Trinajstić information content (AvgIpc) is 2.58. The van der Waals surface area contributed by atoms with Crippen LogP contribution in [0.4, 0.5) is 0 Å². The van der Waals surface area contributed by atoms with Crippen LogP contribution < -0.4 is 10.9 Å². The molecule has 1 aromatic heterocycles. The molecule has 0 aliphatic rings. The summed E-state index contributed by atoms with van der Waals surface area (Å²) < 4.78 is 1.68. The third-order valence-electron chi connectivity index (χ3n) is 4.53. The number of halogens is 1. The van der Waals surface area contributed by atoms with Crippen LogP contribution in [0.3, 0.4) is 0 Å². The smallest absolute Gasteiger partial charge is 0.262 e. The molecule has 0 unspecified atom stereocenters. The first-order chi connectivity index (χ1) is 12.7. The fourth-order valence-corrected chi connectivity index (χ4v) is 3.46. The van der Waals surface area contributed by atoms with E-state index in [1.807, 2.05) is 6.92 Å². The van der Waals surface area contributed by atoms with Crippen LogP contribution in [0.25, 0.3) is 10.9 Å². The molecule has 2 rings (SSSR count). The molecule has 1 N–H and O–H groups in total. The minimum absolute atomic E-state index is 0.0583. The van der Waals surface area contributed by atoms with Crippen molar-refractivity contribution in [2.75, 3.05) is 5.75 Å². The first-order valence-corrected chi connectivity index (χ1v) is 10.7. The summed E-state index contributed by atoms with van der Waals surface area (Å²) in [5, 5.41) is 4.62. The van der Waals surface area contributed by atoms with E-state index in [4.69, 9.17) is 11.6 Å². The Morgan fingerprint density at radius 1 is 1.26 bits per heavy atom. The Balaban J connectivity index is 2.30. The highest BCUT2D eigenvalue weighted by molar-refractivity contribution is 7.99. The molecule has 0 spiro atoms. The van der Waals surface area contributed by atoms with Crippen molar-refractivity contribution in [3.8, 4) is 0 Å². The van der Waals surface area contributed by atoms with Gasteiger partial charge >= 0.3 is 0 Å². The van der Waals surface area contributed by atoms with E-state index in [1.165, 1.54) is 11.8 Å². The predicted octanol–water partition coefficient (Wildman–Crippen LogP) is 4.35. The van der Waals surface area contributed by atoms with E-state index in [-0.39, 0.29) is 23.3 Å². The van der Waals surface area contributed by atoms with Gasteiger partial charge in [-0.2, -0.15) is 0 Å². The summed E-state index contributed by atoms with van der Waals surface area (Å²) in [5.74, 6) is 0.990. The maximum absolute atomic E-state index is 13.0. The summed E-state index contributed by atoms with van der Waals surface area (Å²) in [4.78, 5) is 29.8. The molecule has 0 saturated heterocycles. The van der Waals surface area contributed by atoms with Crippen molar-refractivity contribution in [1.29, 1.82) is 0 Å². The first-order valence-electron chi connectivity index (χ1n) is 9.31. The number of hydrogen-bond donors (Lipinski definition) is 1. The van der Waals surface area contributed by atoms with Gasteiger partial charge in [0.25, 0.3) is 5.56 Å². The highest BCUT2D eigenvalue weighted by Gasteiger charge is 2.16. The number of thioether (sulfide) groups is 1. The topological polar surface area (TPSA) is 64.0 Å². The summed E-state index contributed by atoms with van der Waals surface area (Å²) >= 11 is 7.35. The second-order valence-electron chi connectivity index (χ2n) is 7.58. The molecule has 2 aromatic rings. The van der Waals surface area contributed by atoms with Crippen molar-refractivity contribution < 1.29 is 4.79 Å². The van der Waals surface area contributed by atoms with Gasteiger partial charge in [-0.1, -0.05) is 51.1 Å². The number of nitrogens with one attached hydrogen (secondary N) is 1. The van der Waals surface area contributed by atoms with Crippen LogP contribution in [0.2, 0.25) is 5.02 Å². The van der Waals surface area contributed by atoms with Crippen LogP contribution in [-0.4, -0.2) is 27.3 Å². The largest absolute Gasteiger partial charge is 0.353 e. The summed E-state index contributed by atoms with van der Waals surface area (Å²) in [7, 11) is 0. The first kappa shape index (κ1) is 21.8. The van der Waals surface area contributed by atoms with Crippen LogP contribution in [0.5, 0.6) is 0 Å². The number of carbonyl (C=O) groups is 1. The summed E-state index contributed by atoms with van der Waals surface area (Å²) in [5.41, 5.74) is 0.475. The fraction of sp³-hybridized carbons (Fsp3) is 0.550. The van der Waals surface area contributed by atoms with E-state index in [2.05, 4.69) is 38.0 Å². The zero-order valence-corrected chi connectivity index (χ0v) is 18.2. The van der Waals surface area contributed by atoms with Gasteiger partial charge in [0.1, 0.15) is 0 Å². The third kappa shape index (κ3) is 5.98. The molecule has 0 bridgehead atoms. The lowest BCUT2D eigenvalue weighted by molar-refractivity contribution is -0.119. The SMILES string of the molecule is CC(C)CCn1c(SCC(=O)N[C@H](C)C(C)C)nc2cc(Cl)ccc2c1=O. The van der Waals surface area contributed by atoms with E-state index in [9.17, 15) is 9.59 Å². The molecule has 1 heterocycles. The van der Waals surface area contributed by atoms with Crippen molar-refractivity contribution in [2.45, 2.75) is 58.8 Å². The van der Waals surface area contributed by atoms with Gasteiger partial charge in [0, 0.05) is 17.6 Å². The molecule has 0 saturated carbocycles. The quantitative estimate of drug-likeness (QED) is 0.520. The molecule has 5 nitrogen and oxygen atoms in total. The maximum atomic E-state index is 13.0. The van der Waals surface area contributed by atoms with Gasteiger partial charge in [-0.05, 0) is 43.4 Å². The molecule has 0 aliphatic heterocycles. The molecule has 27 heavy (non-hydrogen) atoms. The Kier molecular flexibility index (Phi) is 7.74. The van der Waals surface area contributed by atoms with Crippen molar-refractivity contribution in [3.05, 3.63) is 33.6 Å². The lowest BCUT2D eigenvalue weighted by Crippen LogP contribution is -2.37. The second-order valence-corrected chi connectivity index (χ2v) is 8.96. The lowest BCUT2D eigenvalue weighted by atomic mass is 10.1. The molecule has 7 heteroatoms. The van der Waals surface area contributed by atoms with Gasteiger partial charge in [0.15, 0.2) is 5.16 Å². The Bertz CT molecular complexity index is 864. The number of nitrogens with zero attached hydrogens (tertiary/aromatic N) is 2. The number of aromatic nitrogens is 2. The van der Waals surface area contributed by atoms with E-state index in [0.717, 1.165) is 6.42 Å². The van der Waals surface area contributed by atoms with Crippen LogP contribution in [0, 0.1) is 11.8 Å². The van der Waals surface area contributed by atoms with Gasteiger partial charge in [-0.3, -0.25) is 14.2 Å².